The molecule has 2 rings (SSSR count). The first kappa shape index (κ1) is 21.7. The summed E-state index contributed by atoms with van der Waals surface area (Å²) >= 11 is 0. The molecule has 2 atom stereocenters. The summed E-state index contributed by atoms with van der Waals surface area (Å²) in [6.07, 6.45) is 2.57. The molecule has 2 aliphatic rings. The molecule has 1 aliphatic carbocycles. The molecule has 27 heavy (non-hydrogen) atoms. The number of ether oxygens (including phenoxy) is 1. The minimum absolute atomic E-state index is 0.0468. The first-order valence-electron chi connectivity index (χ1n) is 9.84. The highest BCUT2D eigenvalue weighted by Crippen LogP contribution is 2.34. The monoisotopic (exact) mass is 379 g/mol. The van der Waals surface area contributed by atoms with Gasteiger partial charge in [-0.15, -0.1) is 0 Å². The summed E-state index contributed by atoms with van der Waals surface area (Å²) in [6, 6.07) is -0.516. The number of Topliss-reactive ketones (excluding diaryl/α,β-unsaturated/α-hetero) is 3. The molecule has 1 saturated carbocycles. The lowest BCUT2D eigenvalue weighted by Gasteiger charge is -2.29. The van der Waals surface area contributed by atoms with Gasteiger partial charge in [0.1, 0.15) is 6.10 Å². The Morgan fingerprint density at radius 2 is 1.96 bits per heavy atom. The van der Waals surface area contributed by atoms with E-state index in [0.29, 0.717) is 50.2 Å². The molecule has 7 heteroatoms. The number of morpholine rings is 1. The highest BCUT2D eigenvalue weighted by atomic mass is 16.5. The highest BCUT2D eigenvalue weighted by Gasteiger charge is 2.36. The topological polar surface area (TPSA) is 111 Å². The molecular weight excluding hydrogens is 346 g/mol. The maximum absolute atomic E-state index is 12.3. The fraction of sp³-hybridized carbons (Fsp3) is 0.750. The van der Waals surface area contributed by atoms with Crippen molar-refractivity contribution < 1.29 is 19.1 Å². The summed E-state index contributed by atoms with van der Waals surface area (Å²) in [7, 11) is 0. The number of hydrogen-bond acceptors (Lipinski definition) is 7. The van der Waals surface area contributed by atoms with Crippen LogP contribution >= 0.6 is 0 Å². The van der Waals surface area contributed by atoms with Gasteiger partial charge in [0.25, 0.3) is 0 Å². The van der Waals surface area contributed by atoms with Crippen molar-refractivity contribution in [2.75, 3.05) is 26.2 Å². The van der Waals surface area contributed by atoms with Gasteiger partial charge in [0.05, 0.1) is 18.2 Å². The average Bonchev–Trinajstić information content (AvgIpc) is 2.59. The van der Waals surface area contributed by atoms with Crippen molar-refractivity contribution in [3.63, 3.8) is 0 Å². The molecule has 0 aromatic carbocycles. The van der Waals surface area contributed by atoms with Gasteiger partial charge in [-0.3, -0.25) is 14.4 Å². The van der Waals surface area contributed by atoms with E-state index in [1.165, 1.54) is 0 Å². The minimum Gasteiger partial charge on any atom is -0.388 e. The summed E-state index contributed by atoms with van der Waals surface area (Å²) < 4.78 is 5.45. The van der Waals surface area contributed by atoms with Crippen LogP contribution in [-0.4, -0.2) is 55.7 Å². The SMILES string of the molecule is CC(NCCCCC(N)C(=O)C1CNCCO1)=C1C(=O)CC(C)(C)CC1=O. The van der Waals surface area contributed by atoms with Crippen LogP contribution in [0.15, 0.2) is 11.3 Å². The number of carbonyl (C=O) groups excluding carboxylic acids is 3. The Kier molecular flexibility index (Phi) is 7.70. The van der Waals surface area contributed by atoms with Crippen molar-refractivity contribution in [3.05, 3.63) is 11.3 Å². The number of allylic oxidation sites excluding steroid dienone is 2. The summed E-state index contributed by atoms with van der Waals surface area (Å²) in [5.41, 5.74) is 6.72. The fourth-order valence-corrected chi connectivity index (χ4v) is 3.67. The maximum atomic E-state index is 12.3. The van der Waals surface area contributed by atoms with E-state index in [0.717, 1.165) is 19.4 Å². The second-order valence-electron chi connectivity index (χ2n) is 8.36. The van der Waals surface area contributed by atoms with Gasteiger partial charge in [-0.2, -0.15) is 0 Å². The molecular formula is C20H33N3O4. The molecule has 0 radical (unpaired) electrons. The molecule has 4 N–H and O–H groups in total. The molecule has 0 amide bonds. The Hall–Kier alpha value is -1.57. The zero-order chi connectivity index (χ0) is 20.0. The third kappa shape index (κ3) is 6.23. The van der Waals surface area contributed by atoms with Crippen LogP contribution in [0.1, 0.15) is 52.9 Å². The first-order chi connectivity index (χ1) is 12.7. The molecule has 2 unspecified atom stereocenters. The molecule has 1 saturated heterocycles. The summed E-state index contributed by atoms with van der Waals surface area (Å²) in [5.74, 6) is -0.195. The van der Waals surface area contributed by atoms with Crippen LogP contribution in [0, 0.1) is 5.41 Å². The fourth-order valence-electron chi connectivity index (χ4n) is 3.67. The van der Waals surface area contributed by atoms with E-state index in [1.54, 1.807) is 6.92 Å². The van der Waals surface area contributed by atoms with Crippen molar-refractivity contribution in [2.45, 2.75) is 65.0 Å². The second kappa shape index (κ2) is 9.57. The van der Waals surface area contributed by atoms with Gasteiger partial charge in [-0.25, -0.2) is 0 Å². The van der Waals surface area contributed by atoms with Crippen LogP contribution in [0.25, 0.3) is 0 Å². The van der Waals surface area contributed by atoms with E-state index >= 15 is 0 Å². The van der Waals surface area contributed by atoms with E-state index in [4.69, 9.17) is 10.5 Å². The van der Waals surface area contributed by atoms with Gasteiger partial charge in [0, 0.05) is 38.2 Å². The number of nitrogens with two attached hydrogens (primary N) is 1. The lowest BCUT2D eigenvalue weighted by atomic mass is 9.73. The van der Waals surface area contributed by atoms with E-state index < -0.39 is 12.1 Å². The molecule has 0 aromatic heterocycles. The average molecular weight is 380 g/mol. The molecule has 1 aliphatic heterocycles. The molecule has 7 nitrogen and oxygen atoms in total. The number of unbranched alkanes of at least 4 members (excludes halogenated alkanes) is 1. The van der Waals surface area contributed by atoms with Crippen LogP contribution in [-0.2, 0) is 19.1 Å². The summed E-state index contributed by atoms with van der Waals surface area (Å²) in [4.78, 5) is 36.8. The number of hydrogen-bond donors (Lipinski definition) is 3. The quantitative estimate of drug-likeness (QED) is 0.326. The highest BCUT2D eigenvalue weighted by molar-refractivity contribution is 6.22. The van der Waals surface area contributed by atoms with Crippen molar-refractivity contribution in [1.29, 1.82) is 0 Å². The number of ketones is 3. The van der Waals surface area contributed by atoms with Gasteiger partial charge >= 0.3 is 0 Å². The van der Waals surface area contributed by atoms with Crippen molar-refractivity contribution >= 4 is 17.3 Å². The molecule has 0 spiro atoms. The lowest BCUT2D eigenvalue weighted by molar-refractivity contribution is -0.133. The predicted molar refractivity (Wildman–Crippen MR) is 103 cm³/mol. The van der Waals surface area contributed by atoms with E-state index in [1.807, 2.05) is 13.8 Å². The van der Waals surface area contributed by atoms with Crippen molar-refractivity contribution in [3.8, 4) is 0 Å². The van der Waals surface area contributed by atoms with Crippen LogP contribution in [0.3, 0.4) is 0 Å². The second-order valence-corrected chi connectivity index (χ2v) is 8.36. The number of carbonyl (C=O) groups is 3. The first-order valence-corrected chi connectivity index (χ1v) is 9.84. The Balaban J connectivity index is 1.72. The third-order valence-corrected chi connectivity index (χ3v) is 5.15. The summed E-state index contributed by atoms with van der Waals surface area (Å²) in [6.45, 7) is 8.15. The van der Waals surface area contributed by atoms with Crippen molar-refractivity contribution in [1.82, 2.24) is 10.6 Å². The van der Waals surface area contributed by atoms with Gasteiger partial charge in [-0.05, 0) is 31.6 Å². The summed E-state index contributed by atoms with van der Waals surface area (Å²) in [5, 5.41) is 6.32. The van der Waals surface area contributed by atoms with Gasteiger partial charge in [0.15, 0.2) is 17.3 Å². The molecule has 1 heterocycles. The zero-order valence-electron chi connectivity index (χ0n) is 16.7. The van der Waals surface area contributed by atoms with Crippen LogP contribution in [0.4, 0.5) is 0 Å². The van der Waals surface area contributed by atoms with Crippen LogP contribution in [0.2, 0.25) is 0 Å². The zero-order valence-corrected chi connectivity index (χ0v) is 16.7. The molecule has 152 valence electrons. The standard InChI is InChI=1S/C20H33N3O4/c1-13(18-15(24)10-20(2,3)11-16(18)25)23-7-5-4-6-14(21)19(26)17-12-22-8-9-27-17/h14,17,22-23H,4-12,21H2,1-3H3. The van der Waals surface area contributed by atoms with Gasteiger partial charge < -0.3 is 21.1 Å². The number of rotatable bonds is 8. The maximum Gasteiger partial charge on any atom is 0.179 e. The van der Waals surface area contributed by atoms with E-state index in [9.17, 15) is 14.4 Å². The molecule has 2 fully saturated rings. The van der Waals surface area contributed by atoms with Gasteiger partial charge in [-0.1, -0.05) is 13.8 Å². The van der Waals surface area contributed by atoms with Crippen molar-refractivity contribution in [2.24, 2.45) is 11.1 Å². The Labute approximate surface area is 161 Å². The Morgan fingerprint density at radius 1 is 1.30 bits per heavy atom. The molecule has 0 bridgehead atoms. The van der Waals surface area contributed by atoms with Crippen LogP contribution in [0.5, 0.6) is 0 Å². The van der Waals surface area contributed by atoms with E-state index in [-0.39, 0.29) is 22.8 Å². The van der Waals surface area contributed by atoms with Gasteiger partial charge in [0.2, 0.25) is 0 Å². The van der Waals surface area contributed by atoms with Crippen LogP contribution < -0.4 is 16.4 Å². The smallest absolute Gasteiger partial charge is 0.179 e. The minimum atomic E-state index is -0.516. The Morgan fingerprint density at radius 3 is 2.56 bits per heavy atom. The van der Waals surface area contributed by atoms with E-state index in [2.05, 4.69) is 10.6 Å². The Bertz CT molecular complexity index is 584. The number of nitrogens with one attached hydrogen (secondary N) is 2. The lowest BCUT2D eigenvalue weighted by Crippen LogP contribution is -2.49. The largest absolute Gasteiger partial charge is 0.388 e. The third-order valence-electron chi connectivity index (χ3n) is 5.15. The normalized spacial score (nSPS) is 23.9. The predicted octanol–water partition coefficient (Wildman–Crippen LogP) is 0.863. The molecule has 0 aromatic rings.